The van der Waals surface area contributed by atoms with E-state index in [0.717, 1.165) is 121 Å². The Morgan fingerprint density at radius 1 is 0.244 bits per heavy atom. The number of benzene rings is 9. The largest absolute Gasteiger partial charge is 0.282 e. The number of likely N-dealkylation sites (tertiary alicyclic amines) is 2. The smallest absolute Gasteiger partial charge is 0.247 e. The molecule has 6 atom stereocenters. The van der Waals surface area contributed by atoms with Gasteiger partial charge in [0.2, 0.25) is 70.9 Å². The molecule has 127 heavy (non-hydrogen) atoms. The number of nitrogens with zero attached hydrogens (tertiary/aromatic N) is 12. The number of anilines is 4. The van der Waals surface area contributed by atoms with Gasteiger partial charge < -0.3 is 0 Å². The highest BCUT2D eigenvalue weighted by atomic mass is 32.2. The lowest BCUT2D eigenvalue weighted by molar-refractivity contribution is -0.140. The normalized spacial score (nSPS) is 19.2. The molecular weight excluding hydrogens is 1840 g/mol. The first-order valence-electron chi connectivity index (χ1n) is 40.4. The molecule has 636 valence electrons. The second-order valence-corrected chi connectivity index (χ2v) is 44.9. The lowest BCUT2D eigenvalue weighted by atomic mass is 10.0. The van der Waals surface area contributed by atoms with Gasteiger partial charge in [-0.2, -0.15) is 0 Å². The van der Waals surface area contributed by atoms with E-state index in [4.69, 9.17) is 0 Å². The van der Waals surface area contributed by atoms with E-state index >= 15 is 0 Å². The van der Waals surface area contributed by atoms with Crippen molar-refractivity contribution in [2.24, 2.45) is 0 Å². The number of fused-ring (bicyclic) bond motifs is 6. The fraction of sp³-hybridized carbons (Fsp3) is 0.209. The lowest BCUT2D eigenvalue weighted by Gasteiger charge is -2.19. The van der Waals surface area contributed by atoms with Crippen LogP contribution in [0, 0.1) is 0 Å². The van der Waals surface area contributed by atoms with Crippen LogP contribution < -0.4 is 19.6 Å². The average Bonchev–Trinajstić information content (AvgIpc) is 1.64. The van der Waals surface area contributed by atoms with Crippen molar-refractivity contribution in [3.8, 4) is 0 Å². The van der Waals surface area contributed by atoms with Crippen molar-refractivity contribution in [1.82, 2.24) is 39.7 Å². The summed E-state index contributed by atoms with van der Waals surface area (Å²) in [7, 11) is 0. The number of aromatic nitrogens is 6. The molecule has 6 unspecified atom stereocenters. The van der Waals surface area contributed by atoms with Crippen molar-refractivity contribution in [2.75, 3.05) is 32.7 Å². The third kappa shape index (κ3) is 18.6. The lowest BCUT2D eigenvalue weighted by Crippen LogP contribution is -2.33. The van der Waals surface area contributed by atoms with E-state index in [2.05, 4.69) is 29.9 Å². The molecule has 0 radical (unpaired) electrons. The monoisotopic (exact) mass is 1900 g/mol. The van der Waals surface area contributed by atoms with Crippen LogP contribution in [0.15, 0.2) is 244 Å². The summed E-state index contributed by atoms with van der Waals surface area (Å²) in [6.07, 6.45) is 4.41. The molecule has 21 rings (SSSR count). The average molecular weight is 1910 g/mol. The second-order valence-electron chi connectivity index (χ2n) is 30.0. The van der Waals surface area contributed by atoms with E-state index in [-0.39, 0.29) is 109 Å². The zero-order valence-electron chi connectivity index (χ0n) is 66.6. The number of carbonyl (C=O) groups is 12. The Hall–Kier alpha value is -10.7. The van der Waals surface area contributed by atoms with Crippen LogP contribution in [-0.2, 0) is 64.0 Å². The Morgan fingerprint density at radius 3 is 0.724 bits per heavy atom. The summed E-state index contributed by atoms with van der Waals surface area (Å²) in [5.41, 5.74) is 9.08. The van der Waals surface area contributed by atoms with Gasteiger partial charge in [0.15, 0.2) is 26.0 Å². The van der Waals surface area contributed by atoms with E-state index in [0.29, 0.717) is 55.1 Å². The molecule has 6 aromatic heterocycles. The summed E-state index contributed by atoms with van der Waals surface area (Å²) in [4.78, 5) is 191. The first kappa shape index (κ1) is 85.7. The van der Waals surface area contributed by atoms with Crippen LogP contribution >= 0.6 is 139 Å². The maximum Gasteiger partial charge on any atom is 0.247 e. The van der Waals surface area contributed by atoms with Crippen LogP contribution in [0.25, 0.3) is 61.3 Å². The minimum absolute atomic E-state index is 0.0477. The van der Waals surface area contributed by atoms with Gasteiger partial charge in [-0.25, -0.2) is 49.5 Å². The Kier molecular flexibility index (Phi) is 25.3. The molecule has 0 N–H and O–H groups in total. The van der Waals surface area contributed by atoms with Gasteiger partial charge in [0.1, 0.15) is 21.0 Å². The fourth-order valence-electron chi connectivity index (χ4n) is 15.4. The summed E-state index contributed by atoms with van der Waals surface area (Å²) >= 11 is 17.1. The summed E-state index contributed by atoms with van der Waals surface area (Å²) in [6.45, 7) is 0.800. The summed E-state index contributed by atoms with van der Waals surface area (Å²) < 4.78 is 10.9. The highest BCUT2D eigenvalue weighted by molar-refractivity contribution is 8.04. The quantitative estimate of drug-likeness (QED) is 0.0379. The number of unbranched alkanes of at least 4 members (excludes halogenated alkanes) is 3. The van der Waals surface area contributed by atoms with Crippen LogP contribution in [0.5, 0.6) is 0 Å². The molecule has 0 saturated carbocycles. The first-order chi connectivity index (χ1) is 61.8. The predicted octanol–water partition coefficient (Wildman–Crippen LogP) is 18.7. The molecule has 6 fully saturated rings. The predicted molar refractivity (Wildman–Crippen MR) is 507 cm³/mol. The van der Waals surface area contributed by atoms with Crippen LogP contribution in [-0.4, -0.2) is 155 Å². The van der Waals surface area contributed by atoms with Crippen molar-refractivity contribution in [2.45, 2.75) is 128 Å². The van der Waals surface area contributed by atoms with E-state index in [1.807, 2.05) is 170 Å². The number of thiazole rings is 6. The Balaban J connectivity index is 0.000000125. The SMILES string of the molecule is O=C1CC(Sc2nc3ccccc3s2)C(=O)N1CCCCCCN1C(=O)CC(Sc2nc3ccccc3s2)C1=O.O=C1CC(Sc2nc3ccccc3s2)C(=O)N1c1ccc(Cc2ccc(N3C(=O)CC(Sc4nc5ccccc5s4)C3=O)cc2)cc1.O=C1CC(Sc2nc3ccccc3s2)C(=O)N1c1cccc(N2C(=O)CC(Sc3nc4ccccc4s3)C2=O)c1. The van der Waals surface area contributed by atoms with Crippen molar-refractivity contribution in [3.63, 3.8) is 0 Å². The standard InChI is InChI=1S/C35H24N4O4S4.C28H18N4O4S4.C28H26N4O4S4/c40-30-18-28(46-34-36-24-5-1-3-7-26(24)44-34)32(42)38(30)22-13-9-20(10-14-22)17-21-11-15-23(16-12-21)39-31(41)19-29(33(39)43)47-35-37-25-6-2-4-8-27(25)45-35;33-23-13-21(39-27-29-17-8-1-3-10-19(17)37-27)25(35)31(23)15-6-5-7-16(12-15)32-24(34)14-22(26(32)36)40-28-30-18-9-2-4-11-20(18)38-28;33-23-15-21(39-27-29-17-9-3-5-11-19(17)37-27)25(35)31(23)13-7-1-2-8-14-32-24(34)16-22(26(32)36)40-28-30-18-10-4-6-12-20(18)38-28/h1-16,28-29H,17-19H2;1-12,21-22H,13-14H2;3-6,9-12,21-22H,1-2,7-8,13-16H2. The number of hydrogen-bond acceptors (Lipinski definition) is 30. The Labute approximate surface area is 774 Å². The van der Waals surface area contributed by atoms with Crippen LogP contribution in [0.2, 0.25) is 0 Å². The molecule has 6 aliphatic rings. The molecule has 12 heterocycles. The minimum Gasteiger partial charge on any atom is -0.282 e. The maximum atomic E-state index is 13.3. The fourth-order valence-corrected chi connectivity index (χ4v) is 29.4. The van der Waals surface area contributed by atoms with Crippen LogP contribution in [0.1, 0.15) is 75.3 Å². The molecule has 15 aromatic rings. The van der Waals surface area contributed by atoms with Gasteiger partial charge in [-0.1, -0.05) is 187 Å². The highest BCUT2D eigenvalue weighted by Gasteiger charge is 2.47. The third-order valence-electron chi connectivity index (χ3n) is 21.6. The summed E-state index contributed by atoms with van der Waals surface area (Å²) in [5, 5.41) is -3.04. The van der Waals surface area contributed by atoms with Crippen molar-refractivity contribution < 1.29 is 57.5 Å². The van der Waals surface area contributed by atoms with Gasteiger partial charge in [-0.05, 0) is 146 Å². The Bertz CT molecular complexity index is 6330. The molecule has 0 bridgehead atoms. The van der Waals surface area contributed by atoms with Gasteiger partial charge in [0.05, 0.1) is 94.5 Å². The maximum absolute atomic E-state index is 13.3. The van der Waals surface area contributed by atoms with E-state index in [9.17, 15) is 57.5 Å². The molecule has 0 spiro atoms. The first-order valence-corrected chi connectivity index (χ1v) is 50.5. The van der Waals surface area contributed by atoms with Gasteiger partial charge in [0.25, 0.3) is 0 Å². The van der Waals surface area contributed by atoms with Gasteiger partial charge in [-0.3, -0.25) is 67.3 Å². The number of hydrogen-bond donors (Lipinski definition) is 0. The third-order valence-corrected chi connectivity index (χ3v) is 35.5. The summed E-state index contributed by atoms with van der Waals surface area (Å²) in [5.74, 6) is -2.77. The molecule has 24 nitrogen and oxygen atoms in total. The number of thioether (sulfide) groups is 6. The van der Waals surface area contributed by atoms with E-state index in [1.165, 1.54) is 136 Å². The van der Waals surface area contributed by atoms with Crippen molar-refractivity contribution >= 4 is 294 Å². The molecule has 12 amide bonds. The number of imide groups is 6. The molecule has 9 aromatic carbocycles. The van der Waals surface area contributed by atoms with Crippen molar-refractivity contribution in [3.05, 3.63) is 230 Å². The summed E-state index contributed by atoms with van der Waals surface area (Å²) in [6, 6.07) is 68.1. The zero-order valence-corrected chi connectivity index (χ0v) is 76.4. The number of carbonyl (C=O) groups excluding carboxylic acids is 12. The van der Waals surface area contributed by atoms with Gasteiger partial charge >= 0.3 is 0 Å². The molecule has 36 heteroatoms. The van der Waals surface area contributed by atoms with Gasteiger partial charge in [-0.15, -0.1) is 68.0 Å². The zero-order chi connectivity index (χ0) is 87.1. The number of rotatable bonds is 25. The minimum atomic E-state index is -0.596. The van der Waals surface area contributed by atoms with E-state index < -0.39 is 31.5 Å². The molecule has 0 aliphatic carbocycles. The van der Waals surface area contributed by atoms with Crippen LogP contribution in [0.4, 0.5) is 22.7 Å². The Morgan fingerprint density at radius 2 is 0.472 bits per heavy atom. The highest BCUT2D eigenvalue weighted by Crippen LogP contribution is 2.46. The van der Waals surface area contributed by atoms with Gasteiger partial charge in [0, 0.05) is 51.6 Å². The molecule has 6 saturated heterocycles. The molecular formula is C91H68N12O12S12. The van der Waals surface area contributed by atoms with Crippen LogP contribution in [0.3, 0.4) is 0 Å². The number of para-hydroxylation sites is 6. The molecule has 6 aliphatic heterocycles. The van der Waals surface area contributed by atoms with E-state index in [1.54, 1.807) is 71.2 Å². The number of amides is 12. The van der Waals surface area contributed by atoms with Crippen molar-refractivity contribution in [1.29, 1.82) is 0 Å². The topological polar surface area (TPSA) is 302 Å². The second kappa shape index (κ2) is 37.5.